The van der Waals surface area contributed by atoms with E-state index in [1.54, 1.807) is 0 Å². The van der Waals surface area contributed by atoms with Gasteiger partial charge in [-0.2, -0.15) is 4.72 Å². The van der Waals surface area contributed by atoms with Crippen molar-refractivity contribution in [3.05, 3.63) is 18.5 Å². The quantitative estimate of drug-likeness (QED) is 0.535. The molecular weight excluding hydrogens is 264 g/mol. The summed E-state index contributed by atoms with van der Waals surface area (Å²) in [5, 5.41) is 17.3. The summed E-state index contributed by atoms with van der Waals surface area (Å²) in [6.45, 7) is 0. The molecular formula is C9H12N2O6S. The first-order valence-electron chi connectivity index (χ1n) is 4.92. The number of nitrogens with one attached hydrogen (secondary N) is 2. The third-order valence-electron chi connectivity index (χ3n) is 2.12. The summed E-state index contributed by atoms with van der Waals surface area (Å²) in [7, 11) is -3.96. The van der Waals surface area contributed by atoms with Gasteiger partial charge in [-0.3, -0.25) is 9.59 Å². The molecule has 0 bridgehead atoms. The summed E-state index contributed by atoms with van der Waals surface area (Å²) < 4.78 is 25.4. The molecule has 0 saturated carbocycles. The van der Waals surface area contributed by atoms with Crippen LogP contribution in [0.1, 0.15) is 12.8 Å². The van der Waals surface area contributed by atoms with Crippen molar-refractivity contribution in [1.29, 1.82) is 0 Å². The van der Waals surface area contributed by atoms with Gasteiger partial charge in [-0.15, -0.1) is 0 Å². The van der Waals surface area contributed by atoms with E-state index in [4.69, 9.17) is 10.2 Å². The summed E-state index contributed by atoms with van der Waals surface area (Å²) in [5.74, 6) is -2.61. The fourth-order valence-corrected chi connectivity index (χ4v) is 2.43. The number of carboxylic acid groups (broad SMARTS) is 2. The van der Waals surface area contributed by atoms with E-state index >= 15 is 0 Å². The molecule has 1 aromatic rings. The van der Waals surface area contributed by atoms with Gasteiger partial charge < -0.3 is 15.2 Å². The molecule has 18 heavy (non-hydrogen) atoms. The van der Waals surface area contributed by atoms with Crippen molar-refractivity contribution in [3.8, 4) is 0 Å². The fraction of sp³-hybridized carbons (Fsp3) is 0.333. The molecule has 0 aromatic carbocycles. The SMILES string of the molecule is O=C(O)CCC(NS(=O)(=O)c1cc[nH]c1)C(=O)O. The third-order valence-corrected chi connectivity index (χ3v) is 3.59. The molecule has 1 aromatic heterocycles. The monoisotopic (exact) mass is 276 g/mol. The number of carbonyl (C=O) groups is 2. The van der Waals surface area contributed by atoms with Gasteiger partial charge in [0.15, 0.2) is 0 Å². The van der Waals surface area contributed by atoms with Crippen LogP contribution in [-0.4, -0.2) is 41.6 Å². The molecule has 0 amide bonds. The van der Waals surface area contributed by atoms with Crippen LogP contribution in [0.25, 0.3) is 0 Å². The highest BCUT2D eigenvalue weighted by Crippen LogP contribution is 2.09. The number of aliphatic carboxylic acids is 2. The van der Waals surface area contributed by atoms with Crippen molar-refractivity contribution >= 4 is 22.0 Å². The standard InChI is InChI=1S/C9H12N2O6S/c12-8(13)2-1-7(9(14)15)11-18(16,17)6-3-4-10-5-6/h3-5,7,10-11H,1-2H2,(H,12,13)(H,14,15). The van der Waals surface area contributed by atoms with E-state index in [0.29, 0.717) is 0 Å². The Morgan fingerprint density at radius 2 is 2.06 bits per heavy atom. The summed E-state index contributed by atoms with van der Waals surface area (Å²) in [5.41, 5.74) is 0. The third kappa shape index (κ3) is 3.86. The van der Waals surface area contributed by atoms with E-state index < -0.39 is 34.4 Å². The lowest BCUT2D eigenvalue weighted by Crippen LogP contribution is -2.40. The Kier molecular flexibility index (Phi) is 4.45. The van der Waals surface area contributed by atoms with Gasteiger partial charge in [0.05, 0.1) is 4.90 Å². The number of rotatable bonds is 7. The van der Waals surface area contributed by atoms with Crippen LogP contribution >= 0.6 is 0 Å². The van der Waals surface area contributed by atoms with Crippen molar-refractivity contribution in [2.45, 2.75) is 23.8 Å². The molecule has 1 rings (SSSR count). The molecule has 8 nitrogen and oxygen atoms in total. The minimum atomic E-state index is -3.96. The summed E-state index contributed by atoms with van der Waals surface area (Å²) in [4.78, 5) is 23.6. The van der Waals surface area contributed by atoms with Crippen LogP contribution in [0.5, 0.6) is 0 Å². The maximum Gasteiger partial charge on any atom is 0.321 e. The van der Waals surface area contributed by atoms with Gasteiger partial charge in [-0.1, -0.05) is 0 Å². The molecule has 1 unspecified atom stereocenters. The van der Waals surface area contributed by atoms with Crippen molar-refractivity contribution < 1.29 is 28.2 Å². The predicted molar refractivity (Wildman–Crippen MR) is 59.4 cm³/mol. The van der Waals surface area contributed by atoms with Gasteiger partial charge in [0, 0.05) is 18.8 Å². The summed E-state index contributed by atoms with van der Waals surface area (Å²) >= 11 is 0. The van der Waals surface area contributed by atoms with Crippen LogP contribution < -0.4 is 4.72 Å². The molecule has 0 saturated heterocycles. The number of aromatic nitrogens is 1. The molecule has 1 heterocycles. The van der Waals surface area contributed by atoms with Crippen LogP contribution in [0.4, 0.5) is 0 Å². The van der Waals surface area contributed by atoms with Gasteiger partial charge >= 0.3 is 11.9 Å². The van der Waals surface area contributed by atoms with Gasteiger partial charge in [0.25, 0.3) is 0 Å². The number of carboxylic acids is 2. The Morgan fingerprint density at radius 3 is 2.50 bits per heavy atom. The van der Waals surface area contributed by atoms with E-state index in [0.717, 1.165) is 0 Å². The lowest BCUT2D eigenvalue weighted by atomic mass is 10.2. The smallest absolute Gasteiger partial charge is 0.321 e. The van der Waals surface area contributed by atoms with E-state index in [9.17, 15) is 18.0 Å². The fourth-order valence-electron chi connectivity index (χ4n) is 1.23. The number of aromatic amines is 1. The van der Waals surface area contributed by atoms with Crippen molar-refractivity contribution in [2.75, 3.05) is 0 Å². The summed E-state index contributed by atoms with van der Waals surface area (Å²) in [6.07, 6.45) is 1.81. The number of hydrogen-bond acceptors (Lipinski definition) is 4. The molecule has 0 aliphatic carbocycles. The van der Waals surface area contributed by atoms with E-state index in [1.807, 2.05) is 4.72 Å². The second kappa shape index (κ2) is 5.65. The first-order chi connectivity index (χ1) is 8.33. The van der Waals surface area contributed by atoms with Crippen LogP contribution in [0.2, 0.25) is 0 Å². The van der Waals surface area contributed by atoms with Crippen molar-refractivity contribution in [1.82, 2.24) is 9.71 Å². The van der Waals surface area contributed by atoms with E-state index in [1.165, 1.54) is 18.5 Å². The second-order valence-corrected chi connectivity index (χ2v) is 5.21. The normalized spacial score (nSPS) is 13.1. The number of H-pyrrole nitrogens is 1. The topological polar surface area (TPSA) is 137 Å². The largest absolute Gasteiger partial charge is 0.481 e. The molecule has 9 heteroatoms. The van der Waals surface area contributed by atoms with E-state index in [-0.39, 0.29) is 11.3 Å². The minimum absolute atomic E-state index is 0.107. The molecule has 1 atom stereocenters. The highest BCUT2D eigenvalue weighted by Gasteiger charge is 2.26. The molecule has 0 aliphatic heterocycles. The highest BCUT2D eigenvalue weighted by molar-refractivity contribution is 7.89. The van der Waals surface area contributed by atoms with Crippen molar-refractivity contribution in [3.63, 3.8) is 0 Å². The Hall–Kier alpha value is -1.87. The lowest BCUT2D eigenvalue weighted by Gasteiger charge is -2.12. The molecule has 0 spiro atoms. The van der Waals surface area contributed by atoms with Crippen LogP contribution in [0, 0.1) is 0 Å². The molecule has 0 radical (unpaired) electrons. The van der Waals surface area contributed by atoms with Gasteiger partial charge in [-0.05, 0) is 12.5 Å². The van der Waals surface area contributed by atoms with Gasteiger partial charge in [0.1, 0.15) is 6.04 Å². The van der Waals surface area contributed by atoms with E-state index in [2.05, 4.69) is 4.98 Å². The molecule has 100 valence electrons. The van der Waals surface area contributed by atoms with Crippen LogP contribution in [-0.2, 0) is 19.6 Å². The highest BCUT2D eigenvalue weighted by atomic mass is 32.2. The number of sulfonamides is 1. The average molecular weight is 276 g/mol. The average Bonchev–Trinajstić information content (AvgIpc) is 2.77. The Bertz CT molecular complexity index is 521. The van der Waals surface area contributed by atoms with Crippen LogP contribution in [0.15, 0.2) is 23.4 Å². The number of hydrogen-bond donors (Lipinski definition) is 4. The maximum absolute atomic E-state index is 11.7. The molecule has 4 N–H and O–H groups in total. The minimum Gasteiger partial charge on any atom is -0.481 e. The van der Waals surface area contributed by atoms with Gasteiger partial charge in [0.2, 0.25) is 10.0 Å². The zero-order valence-electron chi connectivity index (χ0n) is 9.16. The van der Waals surface area contributed by atoms with Crippen molar-refractivity contribution in [2.24, 2.45) is 0 Å². The second-order valence-electron chi connectivity index (χ2n) is 3.49. The maximum atomic E-state index is 11.7. The lowest BCUT2D eigenvalue weighted by molar-refractivity contribution is -0.140. The van der Waals surface area contributed by atoms with Crippen LogP contribution in [0.3, 0.4) is 0 Å². The summed E-state index contributed by atoms with van der Waals surface area (Å²) in [6, 6.07) is -0.209. The Morgan fingerprint density at radius 1 is 1.39 bits per heavy atom. The first-order valence-corrected chi connectivity index (χ1v) is 6.41. The molecule has 0 aliphatic rings. The van der Waals surface area contributed by atoms with Gasteiger partial charge in [-0.25, -0.2) is 8.42 Å². The zero-order chi connectivity index (χ0) is 13.8. The molecule has 0 fully saturated rings. The predicted octanol–water partition coefficient (Wildman–Crippen LogP) is -0.389. The Balaban J connectivity index is 2.78. The Labute approximate surface area is 103 Å². The zero-order valence-corrected chi connectivity index (χ0v) is 9.98. The first kappa shape index (κ1) is 14.2.